The van der Waals surface area contributed by atoms with Crippen molar-refractivity contribution in [1.82, 2.24) is 24.5 Å². The number of fused-ring (bicyclic) bond motifs is 1. The highest BCUT2D eigenvalue weighted by Gasteiger charge is 2.27. The van der Waals surface area contributed by atoms with Crippen molar-refractivity contribution in [3.63, 3.8) is 0 Å². The number of hydrogen-bond donors (Lipinski definition) is 1. The molecular weight excluding hydrogens is 460 g/mol. The first-order valence-electron chi connectivity index (χ1n) is 12.6. The molecule has 0 atom stereocenters. The molecule has 1 N–H and O–H groups in total. The second-order valence-electron chi connectivity index (χ2n) is 9.21. The van der Waals surface area contributed by atoms with Crippen molar-refractivity contribution in [2.75, 3.05) is 0 Å². The first-order valence-corrected chi connectivity index (χ1v) is 12.6. The van der Waals surface area contributed by atoms with E-state index in [1.807, 2.05) is 44.6 Å². The highest BCUT2D eigenvalue weighted by molar-refractivity contribution is 5.65. The van der Waals surface area contributed by atoms with E-state index in [1.165, 1.54) is 29.5 Å². The van der Waals surface area contributed by atoms with Crippen molar-refractivity contribution in [1.29, 1.82) is 0 Å². The van der Waals surface area contributed by atoms with Gasteiger partial charge in [0.2, 0.25) is 0 Å². The van der Waals surface area contributed by atoms with Gasteiger partial charge in [-0.05, 0) is 45.3 Å². The fourth-order valence-electron chi connectivity index (χ4n) is 4.57. The van der Waals surface area contributed by atoms with E-state index in [2.05, 4.69) is 17.0 Å². The number of rotatable bonds is 7. The van der Waals surface area contributed by atoms with Crippen LogP contribution in [0, 0.1) is 6.92 Å². The van der Waals surface area contributed by atoms with Crippen LogP contribution < -0.4 is 10.9 Å². The maximum absolute atomic E-state index is 14.3. The number of hydrogen-bond acceptors (Lipinski definition) is 4. The van der Waals surface area contributed by atoms with Crippen LogP contribution >= 0.6 is 0 Å². The summed E-state index contributed by atoms with van der Waals surface area (Å²) in [6.07, 6.45) is 11.3. The molecule has 6 nitrogen and oxygen atoms in total. The zero-order valence-corrected chi connectivity index (χ0v) is 22.2. The Morgan fingerprint density at radius 2 is 1.94 bits per heavy atom. The molecule has 1 aliphatic rings. The monoisotopic (exact) mass is 497 g/mol. The molecule has 8 heteroatoms. The lowest BCUT2D eigenvalue weighted by atomic mass is 10.1. The number of pyridine rings is 1. The van der Waals surface area contributed by atoms with E-state index in [0.717, 1.165) is 36.6 Å². The summed E-state index contributed by atoms with van der Waals surface area (Å²) in [4.78, 5) is 18.1. The summed E-state index contributed by atoms with van der Waals surface area (Å²) in [5.41, 5.74) is 3.55. The quantitative estimate of drug-likeness (QED) is 0.370. The number of aromatic nitrogens is 4. The van der Waals surface area contributed by atoms with Gasteiger partial charge in [0.25, 0.3) is 11.5 Å². The highest BCUT2D eigenvalue weighted by Crippen LogP contribution is 2.32. The summed E-state index contributed by atoms with van der Waals surface area (Å²) in [6.45, 7) is 14.4. The SMILES string of the molecule is C=C(C)/C(=C\C)NCc1cc(C(C)(F)F)cn2c(=O)c(C)c(-c3cnn(C4CCCC4)c3)nc12.CC. The third kappa shape index (κ3) is 5.58. The molecule has 0 spiro atoms. The zero-order chi connectivity index (χ0) is 26.6. The summed E-state index contributed by atoms with van der Waals surface area (Å²) < 4.78 is 31.8. The summed E-state index contributed by atoms with van der Waals surface area (Å²) in [6, 6.07) is 1.78. The smallest absolute Gasteiger partial charge is 0.271 e. The fourth-order valence-corrected chi connectivity index (χ4v) is 4.57. The third-order valence-corrected chi connectivity index (χ3v) is 6.52. The molecule has 0 amide bonds. The highest BCUT2D eigenvalue weighted by atomic mass is 19.3. The van der Waals surface area contributed by atoms with Gasteiger partial charge in [-0.1, -0.05) is 39.3 Å². The molecule has 0 bridgehead atoms. The van der Waals surface area contributed by atoms with Crippen LogP contribution in [0.4, 0.5) is 8.78 Å². The number of nitrogens with one attached hydrogen (secondary N) is 1. The lowest BCUT2D eigenvalue weighted by molar-refractivity contribution is 0.0169. The molecule has 3 heterocycles. The van der Waals surface area contributed by atoms with Crippen LogP contribution in [-0.2, 0) is 12.5 Å². The van der Waals surface area contributed by atoms with E-state index < -0.39 is 5.92 Å². The molecule has 3 aromatic heterocycles. The van der Waals surface area contributed by atoms with Crippen molar-refractivity contribution < 1.29 is 8.78 Å². The Morgan fingerprint density at radius 3 is 2.53 bits per heavy atom. The normalized spacial score (nSPS) is 14.6. The summed E-state index contributed by atoms with van der Waals surface area (Å²) in [7, 11) is 0. The van der Waals surface area contributed by atoms with Crippen LogP contribution in [0.5, 0.6) is 0 Å². The number of alkyl halides is 2. The molecule has 4 rings (SSSR count). The Kier molecular flexibility index (Phi) is 8.48. The van der Waals surface area contributed by atoms with Crippen molar-refractivity contribution in [2.45, 2.75) is 85.7 Å². The molecule has 0 unspecified atom stereocenters. The van der Waals surface area contributed by atoms with Gasteiger partial charge in [0, 0.05) is 53.8 Å². The second-order valence-corrected chi connectivity index (χ2v) is 9.21. The minimum absolute atomic E-state index is 0.218. The van der Waals surface area contributed by atoms with E-state index in [9.17, 15) is 13.6 Å². The van der Waals surface area contributed by atoms with E-state index in [4.69, 9.17) is 4.98 Å². The molecule has 1 saturated carbocycles. The summed E-state index contributed by atoms with van der Waals surface area (Å²) in [5, 5.41) is 7.76. The standard InChI is InChI=1S/C26H31F2N5O.C2H6/c1-6-22(16(2)3)29-12-18-11-20(26(5,27)28)15-32-24(18)31-23(17(4)25(32)34)19-13-30-33(14-19)21-9-7-8-10-21;1-2/h6,11,13-15,21,29H,2,7-10,12H2,1,3-5H3;1-2H3/b22-6+;. The molecule has 0 aliphatic heterocycles. The average molecular weight is 498 g/mol. The second kappa shape index (κ2) is 11.2. The van der Waals surface area contributed by atoms with Gasteiger partial charge in [0.05, 0.1) is 17.9 Å². The van der Waals surface area contributed by atoms with Gasteiger partial charge in [-0.15, -0.1) is 0 Å². The van der Waals surface area contributed by atoms with Gasteiger partial charge in [-0.2, -0.15) is 5.10 Å². The van der Waals surface area contributed by atoms with Gasteiger partial charge in [0.1, 0.15) is 5.65 Å². The molecule has 0 saturated heterocycles. The van der Waals surface area contributed by atoms with Gasteiger partial charge in [-0.3, -0.25) is 13.9 Å². The first kappa shape index (κ1) is 27.3. The van der Waals surface area contributed by atoms with Crippen molar-refractivity contribution in [2.24, 2.45) is 0 Å². The Bertz CT molecular complexity index is 1320. The van der Waals surface area contributed by atoms with Crippen LogP contribution in [0.2, 0.25) is 0 Å². The van der Waals surface area contributed by atoms with E-state index >= 15 is 0 Å². The predicted molar refractivity (Wildman–Crippen MR) is 141 cm³/mol. The lowest BCUT2D eigenvalue weighted by Crippen LogP contribution is -2.24. The van der Waals surface area contributed by atoms with Gasteiger partial charge in [-0.25, -0.2) is 13.8 Å². The van der Waals surface area contributed by atoms with Gasteiger partial charge < -0.3 is 5.32 Å². The maximum atomic E-state index is 14.3. The molecule has 1 fully saturated rings. The van der Waals surface area contributed by atoms with E-state index in [-0.39, 0.29) is 17.7 Å². The average Bonchev–Trinajstić information content (AvgIpc) is 3.54. The van der Waals surface area contributed by atoms with Gasteiger partial charge >= 0.3 is 0 Å². The van der Waals surface area contributed by atoms with Crippen LogP contribution in [0.25, 0.3) is 16.9 Å². The summed E-state index contributed by atoms with van der Waals surface area (Å²) >= 11 is 0. The molecule has 1 aliphatic carbocycles. The number of halogens is 2. The molecular formula is C28H37F2N5O. The maximum Gasteiger partial charge on any atom is 0.271 e. The van der Waals surface area contributed by atoms with Crippen molar-refractivity contribution in [3.05, 3.63) is 75.6 Å². The van der Waals surface area contributed by atoms with E-state index in [0.29, 0.717) is 28.5 Å². The number of allylic oxidation sites excluding steroid dienone is 2. The predicted octanol–water partition coefficient (Wildman–Crippen LogP) is 6.69. The largest absolute Gasteiger partial charge is 0.381 e. The Morgan fingerprint density at radius 1 is 1.28 bits per heavy atom. The van der Waals surface area contributed by atoms with Crippen molar-refractivity contribution >= 4 is 5.65 Å². The Hall–Kier alpha value is -3.29. The molecule has 3 aromatic rings. The minimum Gasteiger partial charge on any atom is -0.381 e. The van der Waals surface area contributed by atoms with Gasteiger partial charge in [0.15, 0.2) is 0 Å². The van der Waals surface area contributed by atoms with Crippen LogP contribution in [0.1, 0.15) is 83.0 Å². The zero-order valence-electron chi connectivity index (χ0n) is 22.2. The minimum atomic E-state index is -3.10. The molecule has 194 valence electrons. The van der Waals surface area contributed by atoms with Crippen LogP contribution in [0.3, 0.4) is 0 Å². The molecule has 0 aromatic carbocycles. The Labute approximate surface area is 211 Å². The van der Waals surface area contributed by atoms with Crippen LogP contribution in [-0.4, -0.2) is 19.2 Å². The van der Waals surface area contributed by atoms with Crippen molar-refractivity contribution in [3.8, 4) is 11.3 Å². The van der Waals surface area contributed by atoms with E-state index in [1.54, 1.807) is 13.1 Å². The topological polar surface area (TPSA) is 64.2 Å². The first-order chi connectivity index (χ1) is 17.1. The third-order valence-electron chi connectivity index (χ3n) is 6.52. The Balaban J connectivity index is 0.00000176. The fraction of sp³-hybridized carbons (Fsp3) is 0.464. The lowest BCUT2D eigenvalue weighted by Gasteiger charge is -2.18. The summed E-state index contributed by atoms with van der Waals surface area (Å²) in [5.74, 6) is -3.10. The molecule has 36 heavy (non-hydrogen) atoms. The molecule has 0 radical (unpaired) electrons. The van der Waals surface area contributed by atoms with Crippen LogP contribution in [0.15, 0.2) is 53.4 Å². The number of nitrogens with zero attached hydrogens (tertiary/aromatic N) is 4.